The lowest BCUT2D eigenvalue weighted by molar-refractivity contribution is 0.0344. The van der Waals surface area contributed by atoms with Crippen molar-refractivity contribution in [1.82, 2.24) is 9.80 Å². The van der Waals surface area contributed by atoms with Gasteiger partial charge in [0.1, 0.15) is 6.10 Å². The molecule has 8 nitrogen and oxygen atoms in total. The van der Waals surface area contributed by atoms with Crippen molar-refractivity contribution < 1.29 is 23.1 Å². The number of nitrogens with zero attached hydrogens (tertiary/aromatic N) is 2. The molecule has 4 rings (SSSR count). The molecule has 0 saturated heterocycles. The number of rotatable bonds is 9. The smallest absolute Gasteiger partial charge is 0.262 e. The number of para-hydroxylation sites is 1. The number of aliphatic hydroxyl groups is 1. The maximum atomic E-state index is 13.6. The fourth-order valence-electron chi connectivity index (χ4n) is 4.61. The van der Waals surface area contributed by atoms with Crippen LogP contribution in [0.15, 0.2) is 83.8 Å². The van der Waals surface area contributed by atoms with Gasteiger partial charge in [0.05, 0.1) is 28.8 Å². The van der Waals surface area contributed by atoms with Gasteiger partial charge in [-0.05, 0) is 43.8 Å². The summed E-state index contributed by atoms with van der Waals surface area (Å²) in [5.41, 5.74) is 1.61. The molecule has 1 amide bonds. The summed E-state index contributed by atoms with van der Waals surface area (Å²) in [5.74, 6) is -0.222. The van der Waals surface area contributed by atoms with Crippen LogP contribution in [0.25, 0.3) is 0 Å². The van der Waals surface area contributed by atoms with E-state index in [9.17, 15) is 18.3 Å². The predicted molar refractivity (Wildman–Crippen MR) is 148 cm³/mol. The Hall–Kier alpha value is -3.40. The number of benzene rings is 3. The fraction of sp³-hybridized carbons (Fsp3) is 0.345. The second kappa shape index (κ2) is 12.0. The number of ether oxygens (including phenoxy) is 1. The van der Waals surface area contributed by atoms with E-state index in [-0.39, 0.29) is 46.4 Å². The summed E-state index contributed by atoms with van der Waals surface area (Å²) in [7, 11) is -1.91. The number of hydrogen-bond donors (Lipinski definition) is 2. The number of carbonyl (C=O) groups is 1. The van der Waals surface area contributed by atoms with Crippen LogP contribution < -0.4 is 9.46 Å². The highest BCUT2D eigenvalue weighted by Crippen LogP contribution is 2.36. The number of aliphatic hydroxyl groups excluding tert-OH is 1. The molecule has 3 atom stereocenters. The molecule has 3 aromatic carbocycles. The van der Waals surface area contributed by atoms with E-state index >= 15 is 0 Å². The molecule has 0 bridgehead atoms. The number of nitrogens with one attached hydrogen (secondary N) is 1. The van der Waals surface area contributed by atoms with Crippen LogP contribution in [0.2, 0.25) is 0 Å². The molecule has 38 heavy (non-hydrogen) atoms. The molecule has 1 aliphatic heterocycles. The molecule has 0 spiro atoms. The number of hydrogen-bond acceptors (Lipinski definition) is 6. The number of amides is 1. The topological polar surface area (TPSA) is 99.2 Å². The summed E-state index contributed by atoms with van der Waals surface area (Å²) >= 11 is 0. The second-order valence-corrected chi connectivity index (χ2v) is 11.6. The van der Waals surface area contributed by atoms with E-state index in [1.807, 2.05) is 32.2 Å². The molecule has 0 aromatic heterocycles. The number of carbonyl (C=O) groups excluding carboxylic acids is 1. The molecule has 0 fully saturated rings. The van der Waals surface area contributed by atoms with Gasteiger partial charge >= 0.3 is 0 Å². The van der Waals surface area contributed by atoms with Gasteiger partial charge in [-0.25, -0.2) is 8.42 Å². The lowest BCUT2D eigenvalue weighted by Gasteiger charge is -2.38. The molecule has 0 saturated carbocycles. The van der Waals surface area contributed by atoms with E-state index in [1.165, 1.54) is 12.1 Å². The highest BCUT2D eigenvalue weighted by molar-refractivity contribution is 7.92. The monoisotopic (exact) mass is 537 g/mol. The first-order valence-electron chi connectivity index (χ1n) is 12.7. The fourth-order valence-corrected chi connectivity index (χ4v) is 5.70. The van der Waals surface area contributed by atoms with Crippen LogP contribution in [0.5, 0.6) is 5.75 Å². The highest BCUT2D eigenvalue weighted by Gasteiger charge is 2.35. The van der Waals surface area contributed by atoms with E-state index in [4.69, 9.17) is 4.74 Å². The molecule has 2 N–H and O–H groups in total. The van der Waals surface area contributed by atoms with E-state index in [0.29, 0.717) is 19.6 Å². The number of anilines is 1. The summed E-state index contributed by atoms with van der Waals surface area (Å²) in [6, 6.07) is 22.6. The van der Waals surface area contributed by atoms with Crippen LogP contribution in [-0.2, 0) is 16.6 Å². The Morgan fingerprint density at radius 1 is 1.05 bits per heavy atom. The lowest BCUT2D eigenvalue weighted by atomic mass is 9.99. The summed E-state index contributed by atoms with van der Waals surface area (Å²) in [4.78, 5) is 17.5. The van der Waals surface area contributed by atoms with Gasteiger partial charge in [-0.3, -0.25) is 14.4 Å². The lowest BCUT2D eigenvalue weighted by Crippen LogP contribution is -2.49. The van der Waals surface area contributed by atoms with Crippen molar-refractivity contribution in [3.05, 3.63) is 90.0 Å². The third-order valence-corrected chi connectivity index (χ3v) is 8.16. The van der Waals surface area contributed by atoms with Gasteiger partial charge < -0.3 is 14.7 Å². The SMILES string of the molecule is C[C@@H]1CN([C@@H](C)CO)C(=O)c2cccc(NS(=O)(=O)c3ccccc3)c2O[C@H]1CN(C)Cc1ccccc1. The summed E-state index contributed by atoms with van der Waals surface area (Å²) in [6.45, 7) is 5.26. The zero-order valence-corrected chi connectivity index (χ0v) is 22.8. The van der Waals surface area contributed by atoms with Crippen LogP contribution in [0.1, 0.15) is 29.8 Å². The molecular weight excluding hydrogens is 502 g/mol. The van der Waals surface area contributed by atoms with Crippen molar-refractivity contribution in [2.24, 2.45) is 5.92 Å². The van der Waals surface area contributed by atoms with Crippen molar-refractivity contribution in [3.8, 4) is 5.75 Å². The van der Waals surface area contributed by atoms with Crippen LogP contribution in [0.4, 0.5) is 5.69 Å². The Balaban J connectivity index is 1.71. The van der Waals surface area contributed by atoms with Crippen LogP contribution in [-0.4, -0.2) is 68.1 Å². The maximum Gasteiger partial charge on any atom is 0.262 e. The van der Waals surface area contributed by atoms with Gasteiger partial charge in [0.25, 0.3) is 15.9 Å². The minimum Gasteiger partial charge on any atom is -0.486 e. The van der Waals surface area contributed by atoms with Gasteiger partial charge in [-0.2, -0.15) is 0 Å². The third kappa shape index (κ3) is 6.35. The first kappa shape index (κ1) is 27.6. The number of sulfonamides is 1. The maximum absolute atomic E-state index is 13.6. The van der Waals surface area contributed by atoms with Crippen molar-refractivity contribution in [2.75, 3.05) is 31.5 Å². The molecule has 1 heterocycles. The second-order valence-electron chi connectivity index (χ2n) is 9.91. The quantitative estimate of drug-likeness (QED) is 0.430. The van der Waals surface area contributed by atoms with E-state index in [2.05, 4.69) is 21.8 Å². The molecule has 0 aliphatic carbocycles. The van der Waals surface area contributed by atoms with Crippen LogP contribution in [0.3, 0.4) is 0 Å². The van der Waals surface area contributed by atoms with E-state index < -0.39 is 16.1 Å². The van der Waals surface area contributed by atoms with Crippen molar-refractivity contribution >= 4 is 21.6 Å². The molecule has 9 heteroatoms. The van der Waals surface area contributed by atoms with E-state index in [0.717, 1.165) is 5.56 Å². The van der Waals surface area contributed by atoms with Crippen molar-refractivity contribution in [1.29, 1.82) is 0 Å². The minimum absolute atomic E-state index is 0.0990. The van der Waals surface area contributed by atoms with Gasteiger partial charge in [-0.15, -0.1) is 0 Å². The molecule has 3 aromatic rings. The largest absolute Gasteiger partial charge is 0.486 e. The van der Waals surface area contributed by atoms with Gasteiger partial charge in [0.15, 0.2) is 5.75 Å². The first-order chi connectivity index (χ1) is 18.2. The molecule has 0 unspecified atom stereocenters. The van der Waals surface area contributed by atoms with Gasteiger partial charge in [0, 0.05) is 25.6 Å². The summed E-state index contributed by atoms with van der Waals surface area (Å²) in [6.07, 6.45) is -0.355. The zero-order valence-electron chi connectivity index (χ0n) is 21.9. The zero-order chi connectivity index (χ0) is 27.3. The molecular formula is C29H35N3O5S. The summed E-state index contributed by atoms with van der Waals surface area (Å²) < 4.78 is 35.5. The molecule has 1 aliphatic rings. The third-order valence-electron chi connectivity index (χ3n) is 6.78. The summed E-state index contributed by atoms with van der Waals surface area (Å²) in [5, 5.41) is 9.89. The Bertz CT molecular complexity index is 1330. The highest BCUT2D eigenvalue weighted by atomic mass is 32.2. The standard InChI is InChI=1S/C29H35N3O5S/c1-21-17-32(22(2)20-33)29(34)25-15-10-16-26(30-38(35,36)24-13-8-5-9-14-24)28(25)37-27(21)19-31(3)18-23-11-6-4-7-12-23/h4-16,21-22,27,30,33H,17-20H2,1-3H3/t21-,22+,27+/m1/s1. The minimum atomic E-state index is -3.92. The number of likely N-dealkylation sites (N-methyl/N-ethyl adjacent to an activating group) is 1. The number of fused-ring (bicyclic) bond motifs is 1. The van der Waals surface area contributed by atoms with Crippen LogP contribution >= 0.6 is 0 Å². The van der Waals surface area contributed by atoms with Crippen molar-refractivity contribution in [2.45, 2.75) is 37.4 Å². The Labute approximate surface area is 224 Å². The average Bonchev–Trinajstić information content (AvgIpc) is 2.91. The Kier molecular flexibility index (Phi) is 8.71. The molecule has 202 valence electrons. The Morgan fingerprint density at radius 2 is 1.71 bits per heavy atom. The normalized spacial score (nSPS) is 18.8. The van der Waals surface area contributed by atoms with Gasteiger partial charge in [0.2, 0.25) is 0 Å². The first-order valence-corrected chi connectivity index (χ1v) is 14.2. The van der Waals surface area contributed by atoms with Crippen LogP contribution in [0, 0.1) is 5.92 Å². The molecule has 0 radical (unpaired) electrons. The predicted octanol–water partition coefficient (Wildman–Crippen LogP) is 3.84. The van der Waals surface area contributed by atoms with Crippen molar-refractivity contribution in [3.63, 3.8) is 0 Å². The Morgan fingerprint density at radius 3 is 2.37 bits per heavy atom. The average molecular weight is 538 g/mol. The van der Waals surface area contributed by atoms with Gasteiger partial charge in [-0.1, -0.05) is 61.5 Å². The van der Waals surface area contributed by atoms with E-state index in [1.54, 1.807) is 48.2 Å².